The molecule has 1 N–H and O–H groups in total. The summed E-state index contributed by atoms with van der Waals surface area (Å²) in [5.41, 5.74) is 0. The van der Waals surface area contributed by atoms with E-state index in [9.17, 15) is 9.59 Å². The topological polar surface area (TPSA) is 52.7 Å². The van der Waals surface area contributed by atoms with Gasteiger partial charge in [0.2, 0.25) is 11.8 Å². The summed E-state index contributed by atoms with van der Waals surface area (Å²) in [6.07, 6.45) is 2.50. The van der Waals surface area contributed by atoms with Gasteiger partial charge >= 0.3 is 0 Å². The quantitative estimate of drug-likeness (QED) is 0.750. The maximum absolute atomic E-state index is 11.7. The monoisotopic (exact) mass is 255 g/mol. The van der Waals surface area contributed by atoms with Crippen molar-refractivity contribution in [3.05, 3.63) is 0 Å². The zero-order valence-corrected chi connectivity index (χ0v) is 11.6. The van der Waals surface area contributed by atoms with Crippen molar-refractivity contribution in [1.29, 1.82) is 0 Å². The first-order valence-electron chi connectivity index (χ1n) is 6.94. The number of rotatable bonds is 6. The molecule has 0 aromatic heterocycles. The molecule has 1 rings (SSSR count). The number of carbonyl (C=O) groups is 2. The van der Waals surface area contributed by atoms with Gasteiger partial charge < -0.3 is 10.2 Å². The number of carbonyl (C=O) groups excluding carboxylic acids is 2. The van der Waals surface area contributed by atoms with Gasteiger partial charge in [0.15, 0.2) is 0 Å². The molecule has 5 heteroatoms. The van der Waals surface area contributed by atoms with Crippen molar-refractivity contribution < 1.29 is 9.59 Å². The van der Waals surface area contributed by atoms with Crippen LogP contribution in [0.5, 0.6) is 0 Å². The standard InChI is InChI=1S/C13H25N3O2/c1-3-5-13(18)16-9-7-15(8-10-16)11-12(17)14-6-4-2/h3-11H2,1-2H3,(H,14,17). The average molecular weight is 255 g/mol. The number of hydrogen-bond acceptors (Lipinski definition) is 3. The molecule has 5 nitrogen and oxygen atoms in total. The molecule has 0 atom stereocenters. The van der Waals surface area contributed by atoms with Gasteiger partial charge in [0.05, 0.1) is 6.54 Å². The summed E-state index contributed by atoms with van der Waals surface area (Å²) in [6.45, 7) is 8.36. The Morgan fingerprint density at radius 3 is 2.28 bits per heavy atom. The van der Waals surface area contributed by atoms with Crippen molar-refractivity contribution in [1.82, 2.24) is 15.1 Å². The smallest absolute Gasteiger partial charge is 0.234 e. The molecule has 0 aromatic rings. The van der Waals surface area contributed by atoms with Crippen LogP contribution in [0, 0.1) is 0 Å². The third kappa shape index (κ3) is 5.04. The highest BCUT2D eigenvalue weighted by molar-refractivity contribution is 5.78. The minimum Gasteiger partial charge on any atom is -0.355 e. The molecule has 0 bridgehead atoms. The highest BCUT2D eigenvalue weighted by atomic mass is 16.2. The van der Waals surface area contributed by atoms with Crippen molar-refractivity contribution in [3.63, 3.8) is 0 Å². The summed E-state index contributed by atoms with van der Waals surface area (Å²) in [7, 11) is 0. The first-order chi connectivity index (χ1) is 8.67. The maximum atomic E-state index is 11.7. The van der Waals surface area contributed by atoms with E-state index in [4.69, 9.17) is 0 Å². The van der Waals surface area contributed by atoms with Crippen LogP contribution in [-0.4, -0.2) is 60.9 Å². The zero-order chi connectivity index (χ0) is 13.4. The van der Waals surface area contributed by atoms with E-state index in [0.29, 0.717) is 13.0 Å². The molecule has 0 unspecified atom stereocenters. The van der Waals surface area contributed by atoms with Gasteiger partial charge in [0, 0.05) is 39.1 Å². The van der Waals surface area contributed by atoms with Crippen LogP contribution < -0.4 is 5.32 Å². The Labute approximate surface area is 110 Å². The van der Waals surface area contributed by atoms with E-state index in [-0.39, 0.29) is 11.8 Å². The van der Waals surface area contributed by atoms with Crippen LogP contribution >= 0.6 is 0 Å². The van der Waals surface area contributed by atoms with Crippen LogP contribution in [0.3, 0.4) is 0 Å². The zero-order valence-electron chi connectivity index (χ0n) is 11.6. The lowest BCUT2D eigenvalue weighted by atomic mass is 10.2. The third-order valence-electron chi connectivity index (χ3n) is 3.13. The predicted molar refractivity (Wildman–Crippen MR) is 71.2 cm³/mol. The van der Waals surface area contributed by atoms with E-state index < -0.39 is 0 Å². The fraction of sp³-hybridized carbons (Fsp3) is 0.846. The second kappa shape index (κ2) is 8.08. The molecule has 2 amide bonds. The molecule has 18 heavy (non-hydrogen) atoms. The SMILES string of the molecule is CCCNC(=O)CN1CCN(C(=O)CCC)CC1. The molecule has 0 radical (unpaired) electrons. The molecular formula is C13H25N3O2. The molecule has 1 aliphatic rings. The fourth-order valence-corrected chi connectivity index (χ4v) is 2.05. The molecule has 1 saturated heterocycles. The molecule has 104 valence electrons. The maximum Gasteiger partial charge on any atom is 0.234 e. The van der Waals surface area contributed by atoms with Gasteiger partial charge in [-0.15, -0.1) is 0 Å². The number of hydrogen-bond donors (Lipinski definition) is 1. The second-order valence-corrected chi connectivity index (χ2v) is 4.76. The first kappa shape index (κ1) is 15.0. The lowest BCUT2D eigenvalue weighted by Crippen LogP contribution is -2.51. The van der Waals surface area contributed by atoms with Crippen LogP contribution in [0.4, 0.5) is 0 Å². The van der Waals surface area contributed by atoms with Crippen molar-refractivity contribution >= 4 is 11.8 Å². The van der Waals surface area contributed by atoms with Gasteiger partial charge in [-0.05, 0) is 12.8 Å². The van der Waals surface area contributed by atoms with Gasteiger partial charge in [0.25, 0.3) is 0 Å². The van der Waals surface area contributed by atoms with E-state index in [2.05, 4.69) is 10.2 Å². The Bertz CT molecular complexity index is 273. The number of piperazine rings is 1. The predicted octanol–water partition coefficient (Wildman–Crippen LogP) is 0.457. The number of nitrogens with zero attached hydrogens (tertiary/aromatic N) is 2. The van der Waals surface area contributed by atoms with Crippen LogP contribution in [0.25, 0.3) is 0 Å². The summed E-state index contributed by atoms with van der Waals surface area (Å²) in [5, 5.41) is 2.87. The third-order valence-corrected chi connectivity index (χ3v) is 3.13. The normalized spacial score (nSPS) is 16.7. The van der Waals surface area contributed by atoms with Crippen molar-refractivity contribution in [2.24, 2.45) is 0 Å². The molecule has 1 aliphatic heterocycles. The van der Waals surface area contributed by atoms with Gasteiger partial charge in [0.1, 0.15) is 0 Å². The lowest BCUT2D eigenvalue weighted by Gasteiger charge is -2.34. The Kier molecular flexibility index (Phi) is 6.72. The molecule has 0 saturated carbocycles. The van der Waals surface area contributed by atoms with Gasteiger partial charge in [-0.2, -0.15) is 0 Å². The first-order valence-corrected chi connectivity index (χ1v) is 6.94. The van der Waals surface area contributed by atoms with Crippen LogP contribution in [0.15, 0.2) is 0 Å². The summed E-state index contributed by atoms with van der Waals surface area (Å²) in [6, 6.07) is 0. The van der Waals surface area contributed by atoms with Crippen molar-refractivity contribution in [2.45, 2.75) is 33.1 Å². The lowest BCUT2D eigenvalue weighted by molar-refractivity contribution is -0.133. The summed E-state index contributed by atoms with van der Waals surface area (Å²) >= 11 is 0. The minimum absolute atomic E-state index is 0.0881. The molecule has 0 spiro atoms. The van der Waals surface area contributed by atoms with E-state index >= 15 is 0 Å². The van der Waals surface area contributed by atoms with E-state index in [0.717, 1.165) is 45.6 Å². The summed E-state index contributed by atoms with van der Waals surface area (Å²) < 4.78 is 0. The molecular weight excluding hydrogens is 230 g/mol. The fourth-order valence-electron chi connectivity index (χ4n) is 2.05. The average Bonchev–Trinajstić information content (AvgIpc) is 2.37. The molecule has 0 aliphatic carbocycles. The minimum atomic E-state index is 0.0881. The Balaban J connectivity index is 2.22. The number of amides is 2. The summed E-state index contributed by atoms with van der Waals surface area (Å²) in [5.74, 6) is 0.331. The van der Waals surface area contributed by atoms with Crippen LogP contribution in [-0.2, 0) is 9.59 Å². The Hall–Kier alpha value is -1.10. The largest absolute Gasteiger partial charge is 0.355 e. The van der Waals surface area contributed by atoms with Crippen LogP contribution in [0.1, 0.15) is 33.1 Å². The van der Waals surface area contributed by atoms with E-state index in [1.54, 1.807) is 0 Å². The van der Waals surface area contributed by atoms with Gasteiger partial charge in [-0.1, -0.05) is 13.8 Å². The van der Waals surface area contributed by atoms with Crippen molar-refractivity contribution in [2.75, 3.05) is 39.3 Å². The number of nitrogens with one attached hydrogen (secondary N) is 1. The van der Waals surface area contributed by atoms with Crippen molar-refractivity contribution in [3.8, 4) is 0 Å². The van der Waals surface area contributed by atoms with Crippen LogP contribution in [0.2, 0.25) is 0 Å². The molecule has 1 fully saturated rings. The van der Waals surface area contributed by atoms with Gasteiger partial charge in [-0.3, -0.25) is 14.5 Å². The Morgan fingerprint density at radius 2 is 1.72 bits per heavy atom. The van der Waals surface area contributed by atoms with Gasteiger partial charge in [-0.25, -0.2) is 0 Å². The van der Waals surface area contributed by atoms with E-state index in [1.165, 1.54) is 0 Å². The highest BCUT2D eigenvalue weighted by Gasteiger charge is 2.21. The highest BCUT2D eigenvalue weighted by Crippen LogP contribution is 2.04. The summed E-state index contributed by atoms with van der Waals surface area (Å²) in [4.78, 5) is 27.3. The molecule has 1 heterocycles. The molecule has 0 aromatic carbocycles. The second-order valence-electron chi connectivity index (χ2n) is 4.76. The Morgan fingerprint density at radius 1 is 1.06 bits per heavy atom. The van der Waals surface area contributed by atoms with E-state index in [1.807, 2.05) is 18.7 Å².